The van der Waals surface area contributed by atoms with Crippen LogP contribution in [0.2, 0.25) is 0 Å². The minimum absolute atomic E-state index is 0.0644. The Morgan fingerprint density at radius 2 is 1.96 bits per heavy atom. The van der Waals surface area contributed by atoms with E-state index in [-0.39, 0.29) is 36.5 Å². The molecule has 1 fully saturated rings. The Bertz CT molecular complexity index is 931. The number of rotatable bonds is 4. The Labute approximate surface area is 156 Å². The Kier molecular flexibility index (Phi) is 5.25. The van der Waals surface area contributed by atoms with Gasteiger partial charge in [-0.2, -0.15) is 0 Å². The summed E-state index contributed by atoms with van der Waals surface area (Å²) in [6.45, 7) is -0.199. The van der Waals surface area contributed by atoms with Crippen LogP contribution in [0.25, 0.3) is 11.3 Å². The number of carbonyl (C=O) groups excluding carboxylic acids is 1. The van der Waals surface area contributed by atoms with Crippen LogP contribution < -0.4 is 5.32 Å². The first-order valence-corrected chi connectivity index (χ1v) is 8.20. The molecule has 3 rings (SSSR count). The maximum atomic E-state index is 13.8. The number of benzene rings is 1. The quantitative estimate of drug-likeness (QED) is 0.719. The van der Waals surface area contributed by atoms with E-state index in [9.17, 15) is 28.3 Å². The van der Waals surface area contributed by atoms with Gasteiger partial charge < -0.3 is 25.0 Å². The third kappa shape index (κ3) is 3.92. The van der Waals surface area contributed by atoms with E-state index in [1.165, 1.54) is 0 Å². The van der Waals surface area contributed by atoms with Gasteiger partial charge in [0.25, 0.3) is 5.91 Å². The summed E-state index contributed by atoms with van der Waals surface area (Å²) >= 11 is 0. The van der Waals surface area contributed by atoms with Crippen LogP contribution in [0, 0.1) is 17.6 Å². The van der Waals surface area contributed by atoms with Crippen molar-refractivity contribution in [2.24, 2.45) is 5.92 Å². The van der Waals surface area contributed by atoms with Crippen molar-refractivity contribution in [3.05, 3.63) is 41.6 Å². The van der Waals surface area contributed by atoms with Crippen molar-refractivity contribution in [2.45, 2.75) is 12.5 Å². The summed E-state index contributed by atoms with van der Waals surface area (Å²) in [6, 6.07) is 3.14. The molecule has 28 heavy (non-hydrogen) atoms. The smallest absolute Gasteiger partial charge is 0.407 e. The van der Waals surface area contributed by atoms with Crippen molar-refractivity contribution in [2.75, 3.05) is 13.1 Å². The van der Waals surface area contributed by atoms with E-state index in [4.69, 9.17) is 9.63 Å². The molecule has 2 heterocycles. The predicted octanol–water partition coefficient (Wildman–Crippen LogP) is 1.80. The van der Waals surface area contributed by atoms with Gasteiger partial charge in [0.1, 0.15) is 11.6 Å². The number of carboxylic acids is 1. The predicted molar refractivity (Wildman–Crippen MR) is 88.4 cm³/mol. The van der Waals surface area contributed by atoms with Crippen LogP contribution in [0.5, 0.6) is 0 Å². The van der Waals surface area contributed by atoms with Crippen molar-refractivity contribution in [3.8, 4) is 11.3 Å². The molecule has 11 heteroatoms. The van der Waals surface area contributed by atoms with Crippen LogP contribution in [-0.4, -0.2) is 57.4 Å². The second-order valence-electron chi connectivity index (χ2n) is 6.24. The van der Waals surface area contributed by atoms with Crippen LogP contribution in [0.1, 0.15) is 16.9 Å². The number of nitrogens with zero attached hydrogens (tertiary/aromatic N) is 2. The highest BCUT2D eigenvalue weighted by atomic mass is 19.1. The average Bonchev–Trinajstić information content (AvgIpc) is 3.11. The number of amides is 2. The summed E-state index contributed by atoms with van der Waals surface area (Å²) in [6.07, 6.45) is -1.13. The lowest BCUT2D eigenvalue weighted by Crippen LogP contribution is -2.54. The largest absolute Gasteiger partial charge is 0.481 e. The Morgan fingerprint density at radius 1 is 1.21 bits per heavy atom. The molecule has 3 N–H and O–H groups in total. The Balaban J connectivity index is 1.73. The summed E-state index contributed by atoms with van der Waals surface area (Å²) in [7, 11) is 0. The van der Waals surface area contributed by atoms with Gasteiger partial charge in [0.2, 0.25) is 0 Å². The molecule has 1 saturated heterocycles. The van der Waals surface area contributed by atoms with Crippen LogP contribution in [0.4, 0.5) is 13.6 Å². The molecule has 1 aromatic heterocycles. The molecule has 0 saturated carbocycles. The lowest BCUT2D eigenvalue weighted by molar-refractivity contribution is -0.144. The number of carboxylic acid groups (broad SMARTS) is 2. The van der Waals surface area contributed by atoms with Crippen molar-refractivity contribution in [1.29, 1.82) is 0 Å². The zero-order chi connectivity index (χ0) is 20.4. The summed E-state index contributed by atoms with van der Waals surface area (Å²) < 4.78 is 31.7. The Morgan fingerprint density at radius 3 is 2.61 bits per heavy atom. The summed E-state index contributed by atoms with van der Waals surface area (Å²) in [5.74, 6) is -4.89. The standard InChI is InChI=1S/C17H15F2N3O6/c18-8-1-2-9(11(19)5-8)14-6-13(21-28-14)15(23)20-12-3-4-22(17(26)27)7-10(12)16(24)25/h1-2,5-6,10,12H,3-4,7H2,(H,20,23)(H,24,25)(H,26,27). The van der Waals surface area contributed by atoms with Crippen molar-refractivity contribution < 1.29 is 37.9 Å². The third-order valence-corrected chi connectivity index (χ3v) is 4.46. The van der Waals surface area contributed by atoms with E-state index in [0.29, 0.717) is 6.07 Å². The second kappa shape index (κ2) is 7.62. The number of aromatic nitrogens is 1. The van der Waals surface area contributed by atoms with E-state index >= 15 is 0 Å². The molecule has 2 atom stereocenters. The van der Waals surface area contributed by atoms with Gasteiger partial charge in [0, 0.05) is 31.3 Å². The summed E-state index contributed by atoms with van der Waals surface area (Å²) in [5.41, 5.74) is -0.311. The van der Waals surface area contributed by atoms with E-state index in [2.05, 4.69) is 10.5 Å². The molecule has 148 valence electrons. The first-order chi connectivity index (χ1) is 13.3. The number of halogens is 2. The maximum Gasteiger partial charge on any atom is 0.407 e. The van der Waals surface area contributed by atoms with Gasteiger partial charge in [-0.05, 0) is 18.6 Å². The zero-order valence-electron chi connectivity index (χ0n) is 14.3. The van der Waals surface area contributed by atoms with E-state index in [1.54, 1.807) is 0 Å². The fraction of sp³-hybridized carbons (Fsp3) is 0.294. The molecule has 2 unspecified atom stereocenters. The van der Waals surface area contributed by atoms with E-state index in [0.717, 1.165) is 23.1 Å². The number of nitrogens with one attached hydrogen (secondary N) is 1. The van der Waals surface area contributed by atoms with E-state index in [1.807, 2.05) is 0 Å². The van der Waals surface area contributed by atoms with Gasteiger partial charge in [-0.25, -0.2) is 13.6 Å². The number of likely N-dealkylation sites (tertiary alicyclic amines) is 1. The fourth-order valence-electron chi connectivity index (χ4n) is 2.99. The normalized spacial score (nSPS) is 19.3. The molecule has 1 aliphatic heterocycles. The molecule has 0 aliphatic carbocycles. The summed E-state index contributed by atoms with van der Waals surface area (Å²) in [4.78, 5) is 35.8. The lowest BCUT2D eigenvalue weighted by Gasteiger charge is -2.35. The van der Waals surface area contributed by atoms with Gasteiger partial charge in [0.15, 0.2) is 11.5 Å². The monoisotopic (exact) mass is 395 g/mol. The molecule has 0 radical (unpaired) electrons. The molecule has 2 amide bonds. The van der Waals surface area contributed by atoms with Gasteiger partial charge in [-0.15, -0.1) is 0 Å². The number of carbonyl (C=O) groups is 3. The Hall–Kier alpha value is -3.50. The van der Waals surface area contributed by atoms with Crippen LogP contribution in [-0.2, 0) is 4.79 Å². The van der Waals surface area contributed by atoms with Crippen LogP contribution in [0.15, 0.2) is 28.8 Å². The lowest BCUT2D eigenvalue weighted by atomic mass is 9.92. The highest BCUT2D eigenvalue weighted by molar-refractivity contribution is 5.93. The number of hydrogen-bond donors (Lipinski definition) is 3. The molecular formula is C17H15F2N3O6. The highest BCUT2D eigenvalue weighted by Gasteiger charge is 2.37. The van der Waals surface area contributed by atoms with Gasteiger partial charge >= 0.3 is 12.1 Å². The van der Waals surface area contributed by atoms with Gasteiger partial charge in [0.05, 0.1) is 11.5 Å². The first-order valence-electron chi connectivity index (χ1n) is 8.20. The number of aliphatic carboxylic acids is 1. The van der Waals surface area contributed by atoms with Crippen molar-refractivity contribution in [1.82, 2.24) is 15.4 Å². The average molecular weight is 395 g/mol. The fourth-order valence-corrected chi connectivity index (χ4v) is 2.99. The molecule has 2 aromatic rings. The maximum absolute atomic E-state index is 13.8. The molecule has 0 bridgehead atoms. The van der Waals surface area contributed by atoms with Gasteiger partial charge in [-0.3, -0.25) is 9.59 Å². The van der Waals surface area contributed by atoms with Crippen molar-refractivity contribution in [3.63, 3.8) is 0 Å². The second-order valence-corrected chi connectivity index (χ2v) is 6.24. The number of piperidine rings is 1. The SMILES string of the molecule is O=C(NC1CCN(C(=O)O)CC1C(=O)O)c1cc(-c2ccc(F)cc2F)on1. The zero-order valence-corrected chi connectivity index (χ0v) is 14.3. The van der Waals surface area contributed by atoms with Crippen molar-refractivity contribution >= 4 is 18.0 Å². The van der Waals surface area contributed by atoms with Crippen LogP contribution in [0.3, 0.4) is 0 Å². The molecule has 1 aromatic carbocycles. The molecule has 1 aliphatic rings. The highest BCUT2D eigenvalue weighted by Crippen LogP contribution is 2.25. The van der Waals surface area contributed by atoms with E-state index < -0.39 is 41.6 Å². The first kappa shape index (κ1) is 19.3. The molecule has 9 nitrogen and oxygen atoms in total. The topological polar surface area (TPSA) is 133 Å². The molecular weight excluding hydrogens is 380 g/mol. The van der Waals surface area contributed by atoms with Gasteiger partial charge in [-0.1, -0.05) is 5.16 Å². The minimum Gasteiger partial charge on any atom is -0.481 e. The third-order valence-electron chi connectivity index (χ3n) is 4.46. The summed E-state index contributed by atoms with van der Waals surface area (Å²) in [5, 5.41) is 24.4. The minimum atomic E-state index is -1.24. The number of hydrogen-bond acceptors (Lipinski definition) is 5. The van der Waals surface area contributed by atoms with Crippen LogP contribution >= 0.6 is 0 Å². The molecule has 0 spiro atoms.